The molecule has 4 N–H and O–H groups in total. The second-order valence-electron chi connectivity index (χ2n) is 8.27. The number of alkyl carbamates (subject to hydrolysis) is 1. The molecule has 0 saturated carbocycles. The maximum Gasteiger partial charge on any atom is 0.407 e. The number of alkyl halides is 2. The Bertz CT molecular complexity index is 870. The lowest BCUT2D eigenvalue weighted by molar-refractivity contribution is -0.128. The Morgan fingerprint density at radius 1 is 1.03 bits per heavy atom. The number of benzene rings is 2. The number of rotatable bonds is 8. The highest BCUT2D eigenvalue weighted by atomic mass is 19.3. The smallest absolute Gasteiger partial charge is 0.407 e. The summed E-state index contributed by atoms with van der Waals surface area (Å²) in [6.45, 7) is 4.87. The highest BCUT2D eigenvalue weighted by Gasteiger charge is 2.51. The minimum Gasteiger partial charge on any atom is -0.444 e. The van der Waals surface area contributed by atoms with Crippen molar-refractivity contribution in [3.63, 3.8) is 0 Å². The lowest BCUT2D eigenvalue weighted by Crippen LogP contribution is -2.61. The SMILES string of the molecule is CC(C)(C)OC(=O)NC(Cc1ccccc1)C(O)C(F)(F)C(N)C(=O)c1ccccc1. The summed E-state index contributed by atoms with van der Waals surface area (Å²) < 4.78 is 35.3. The molecule has 8 heteroatoms. The predicted octanol–water partition coefficient (Wildman–Crippen LogP) is 3.33. The summed E-state index contributed by atoms with van der Waals surface area (Å²) in [6, 6.07) is 12.2. The number of carbonyl (C=O) groups is 2. The molecule has 0 bridgehead atoms. The van der Waals surface area contributed by atoms with Gasteiger partial charge in [-0.2, -0.15) is 0 Å². The maximum absolute atomic E-state index is 15.1. The van der Waals surface area contributed by atoms with Crippen molar-refractivity contribution in [2.45, 2.75) is 56.9 Å². The van der Waals surface area contributed by atoms with E-state index in [1.807, 2.05) is 0 Å². The minimum atomic E-state index is -4.03. The molecule has 0 heterocycles. The van der Waals surface area contributed by atoms with Gasteiger partial charge in [0.15, 0.2) is 5.78 Å². The fourth-order valence-corrected chi connectivity index (χ4v) is 2.98. The van der Waals surface area contributed by atoms with Crippen LogP contribution >= 0.6 is 0 Å². The lowest BCUT2D eigenvalue weighted by atomic mass is 9.90. The molecule has 2 rings (SSSR count). The Balaban J connectivity index is 2.27. The number of amides is 1. The van der Waals surface area contributed by atoms with Gasteiger partial charge in [-0.05, 0) is 32.8 Å². The van der Waals surface area contributed by atoms with Crippen molar-refractivity contribution in [3.8, 4) is 0 Å². The second kappa shape index (κ2) is 9.98. The molecule has 0 radical (unpaired) electrons. The zero-order valence-electron chi connectivity index (χ0n) is 17.7. The van der Waals surface area contributed by atoms with Crippen molar-refractivity contribution in [2.75, 3.05) is 0 Å². The Morgan fingerprint density at radius 2 is 1.55 bits per heavy atom. The number of aliphatic hydroxyl groups is 1. The van der Waals surface area contributed by atoms with Gasteiger partial charge in [-0.25, -0.2) is 13.6 Å². The molecule has 6 nitrogen and oxygen atoms in total. The number of Topliss-reactive ketones (excluding diaryl/α,β-unsaturated/α-hetero) is 1. The van der Waals surface area contributed by atoms with E-state index in [1.54, 1.807) is 57.2 Å². The van der Waals surface area contributed by atoms with E-state index in [2.05, 4.69) is 5.32 Å². The van der Waals surface area contributed by atoms with Gasteiger partial charge in [0.05, 0.1) is 6.04 Å². The molecule has 0 spiro atoms. The Morgan fingerprint density at radius 3 is 2.06 bits per heavy atom. The van der Waals surface area contributed by atoms with Gasteiger partial charge >= 0.3 is 6.09 Å². The second-order valence-corrected chi connectivity index (χ2v) is 8.27. The maximum atomic E-state index is 15.1. The van der Waals surface area contributed by atoms with Gasteiger partial charge in [0.25, 0.3) is 5.92 Å². The topological polar surface area (TPSA) is 102 Å². The van der Waals surface area contributed by atoms with E-state index in [0.717, 1.165) is 0 Å². The van der Waals surface area contributed by atoms with E-state index >= 15 is 8.78 Å². The molecule has 0 saturated heterocycles. The number of hydrogen-bond donors (Lipinski definition) is 3. The van der Waals surface area contributed by atoms with Gasteiger partial charge in [-0.15, -0.1) is 0 Å². The average Bonchev–Trinajstić information content (AvgIpc) is 2.71. The van der Waals surface area contributed by atoms with Crippen LogP contribution in [0.3, 0.4) is 0 Å². The van der Waals surface area contributed by atoms with Crippen molar-refractivity contribution >= 4 is 11.9 Å². The molecule has 2 aromatic rings. The van der Waals surface area contributed by atoms with Crippen LogP contribution in [0.1, 0.15) is 36.7 Å². The predicted molar refractivity (Wildman–Crippen MR) is 113 cm³/mol. The van der Waals surface area contributed by atoms with E-state index in [1.165, 1.54) is 24.3 Å². The molecular weight excluding hydrogens is 406 g/mol. The van der Waals surface area contributed by atoms with Crippen LogP contribution in [0.15, 0.2) is 60.7 Å². The van der Waals surface area contributed by atoms with E-state index in [4.69, 9.17) is 10.5 Å². The third-order valence-corrected chi connectivity index (χ3v) is 4.53. The number of carbonyl (C=O) groups excluding carboxylic acids is 2. The molecule has 0 aliphatic rings. The summed E-state index contributed by atoms with van der Waals surface area (Å²) in [7, 11) is 0. The molecule has 3 unspecified atom stereocenters. The van der Waals surface area contributed by atoms with E-state index < -0.39 is 41.6 Å². The Labute approximate surface area is 180 Å². The van der Waals surface area contributed by atoms with Crippen LogP contribution in [0.5, 0.6) is 0 Å². The lowest BCUT2D eigenvalue weighted by Gasteiger charge is -2.33. The van der Waals surface area contributed by atoms with Crippen molar-refractivity contribution in [3.05, 3.63) is 71.8 Å². The normalized spacial score (nSPS) is 14.9. The largest absolute Gasteiger partial charge is 0.444 e. The minimum absolute atomic E-state index is 0.00147. The standard InChI is InChI=1S/C23H28F2N2O4/c1-22(2,3)31-21(30)27-17(14-15-10-6-4-7-11-15)20(29)23(24,25)19(26)18(28)16-12-8-5-9-13-16/h4-13,17,19-20,29H,14,26H2,1-3H3,(H,27,30). The van der Waals surface area contributed by atoms with Gasteiger partial charge in [-0.3, -0.25) is 4.79 Å². The number of ether oxygens (including phenoxy) is 1. The molecule has 0 fully saturated rings. The fourth-order valence-electron chi connectivity index (χ4n) is 2.98. The number of halogens is 2. The molecule has 3 atom stereocenters. The summed E-state index contributed by atoms with van der Waals surface area (Å²) in [5, 5.41) is 12.9. The van der Waals surface area contributed by atoms with Crippen molar-refractivity contribution in [1.82, 2.24) is 5.32 Å². The number of ketones is 1. The Kier molecular flexibility index (Phi) is 7.86. The summed E-state index contributed by atoms with van der Waals surface area (Å²) in [5.41, 5.74) is 5.32. The number of aliphatic hydroxyl groups excluding tert-OH is 1. The van der Waals surface area contributed by atoms with E-state index in [9.17, 15) is 14.7 Å². The van der Waals surface area contributed by atoms with Crippen molar-refractivity contribution in [1.29, 1.82) is 0 Å². The molecule has 1 amide bonds. The van der Waals surface area contributed by atoms with E-state index in [0.29, 0.717) is 5.56 Å². The van der Waals surface area contributed by atoms with Gasteiger partial charge in [0.1, 0.15) is 17.7 Å². The fraction of sp³-hybridized carbons (Fsp3) is 0.391. The first-order chi connectivity index (χ1) is 14.4. The van der Waals surface area contributed by atoms with E-state index in [-0.39, 0.29) is 12.0 Å². The Hall–Kier alpha value is -2.84. The summed E-state index contributed by atoms with van der Waals surface area (Å²) >= 11 is 0. The third kappa shape index (κ3) is 6.83. The molecule has 168 valence electrons. The van der Waals surface area contributed by atoms with Gasteiger partial charge in [0, 0.05) is 5.56 Å². The van der Waals surface area contributed by atoms with Crippen LogP contribution in [0.25, 0.3) is 0 Å². The zero-order valence-corrected chi connectivity index (χ0v) is 17.7. The summed E-state index contributed by atoms with van der Waals surface area (Å²) in [6.07, 6.45) is -3.53. The first-order valence-corrected chi connectivity index (χ1v) is 9.86. The quantitative estimate of drug-likeness (QED) is 0.553. The monoisotopic (exact) mass is 434 g/mol. The molecule has 31 heavy (non-hydrogen) atoms. The van der Waals surface area contributed by atoms with Crippen LogP contribution in [-0.2, 0) is 11.2 Å². The van der Waals surface area contributed by atoms with Crippen LogP contribution in [-0.4, -0.2) is 46.7 Å². The van der Waals surface area contributed by atoms with Crippen LogP contribution in [0.2, 0.25) is 0 Å². The zero-order chi connectivity index (χ0) is 23.2. The molecule has 0 aliphatic heterocycles. The molecule has 2 aromatic carbocycles. The van der Waals surface area contributed by atoms with Crippen LogP contribution in [0.4, 0.5) is 13.6 Å². The highest BCUT2D eigenvalue weighted by molar-refractivity contribution is 6.00. The van der Waals surface area contributed by atoms with Gasteiger partial charge in [-0.1, -0.05) is 60.7 Å². The van der Waals surface area contributed by atoms with Crippen molar-refractivity contribution < 1.29 is 28.2 Å². The van der Waals surface area contributed by atoms with Gasteiger partial charge < -0.3 is 20.9 Å². The molecule has 0 aliphatic carbocycles. The molecule has 0 aromatic heterocycles. The third-order valence-electron chi connectivity index (χ3n) is 4.53. The number of nitrogens with two attached hydrogens (primary N) is 1. The summed E-state index contributed by atoms with van der Waals surface area (Å²) in [4.78, 5) is 24.7. The van der Waals surface area contributed by atoms with Crippen LogP contribution in [0, 0.1) is 0 Å². The average molecular weight is 434 g/mol. The highest BCUT2D eigenvalue weighted by Crippen LogP contribution is 2.28. The van der Waals surface area contributed by atoms with Crippen LogP contribution < -0.4 is 11.1 Å². The number of hydrogen-bond acceptors (Lipinski definition) is 5. The van der Waals surface area contributed by atoms with Crippen molar-refractivity contribution in [2.24, 2.45) is 5.73 Å². The first-order valence-electron chi connectivity index (χ1n) is 9.86. The van der Waals surface area contributed by atoms with Gasteiger partial charge in [0.2, 0.25) is 0 Å². The number of nitrogens with one attached hydrogen (secondary N) is 1. The molecular formula is C23H28F2N2O4. The summed E-state index contributed by atoms with van der Waals surface area (Å²) in [5.74, 6) is -5.04. The first kappa shape index (κ1) is 24.4.